The molecule has 2 aromatic rings. The molecule has 0 aliphatic carbocycles. The van der Waals surface area contributed by atoms with Gasteiger partial charge in [-0.1, -0.05) is 6.07 Å². The first kappa shape index (κ1) is 22.6. The van der Waals surface area contributed by atoms with Crippen LogP contribution >= 0.6 is 0 Å². The minimum absolute atomic E-state index is 0.263. The Morgan fingerprint density at radius 1 is 1.09 bits per heavy atom. The zero-order valence-corrected chi connectivity index (χ0v) is 17.7. The maximum Gasteiger partial charge on any atom is 0.343 e. The molecular weight excluding hydrogens is 421 g/mol. The molecule has 0 spiro atoms. The van der Waals surface area contributed by atoms with Gasteiger partial charge < -0.3 is 30.2 Å². The zero-order chi connectivity index (χ0) is 23.3. The molecule has 1 unspecified atom stereocenters. The predicted molar refractivity (Wildman–Crippen MR) is 113 cm³/mol. The van der Waals surface area contributed by atoms with Crippen molar-refractivity contribution in [2.75, 3.05) is 26.1 Å². The number of ether oxygens (including phenoxy) is 3. The number of benzene rings is 2. The number of methoxy groups -OCH3 is 2. The van der Waals surface area contributed by atoms with Crippen molar-refractivity contribution >= 4 is 23.6 Å². The zero-order valence-electron chi connectivity index (χ0n) is 17.7. The van der Waals surface area contributed by atoms with Crippen LogP contribution in [0.2, 0.25) is 0 Å². The Morgan fingerprint density at radius 3 is 2.47 bits per heavy atom. The summed E-state index contributed by atoms with van der Waals surface area (Å²) >= 11 is 0. The molecule has 3 N–H and O–H groups in total. The molecule has 0 saturated carbocycles. The van der Waals surface area contributed by atoms with Gasteiger partial charge in [-0.15, -0.1) is 0 Å². The second-order valence-corrected chi connectivity index (χ2v) is 6.81. The number of esters is 1. The number of rotatable bonds is 7. The average Bonchev–Trinajstić information content (AvgIpc) is 2.78. The molecule has 1 atom stereocenters. The Hall–Kier alpha value is -4.08. The average molecular weight is 443 g/mol. The molecule has 0 fully saturated rings. The number of hydrogen-bond acceptors (Lipinski definition) is 6. The van der Waals surface area contributed by atoms with Crippen molar-refractivity contribution in [1.82, 2.24) is 10.6 Å². The lowest BCUT2D eigenvalue weighted by molar-refractivity contribution is -0.142. The molecule has 1 aliphatic heterocycles. The van der Waals surface area contributed by atoms with E-state index in [1.54, 1.807) is 25.1 Å². The summed E-state index contributed by atoms with van der Waals surface area (Å²) in [5.41, 5.74) is 1.57. The third kappa shape index (κ3) is 5.15. The second kappa shape index (κ2) is 9.82. The van der Waals surface area contributed by atoms with Gasteiger partial charge in [-0.2, -0.15) is 0 Å². The second-order valence-electron chi connectivity index (χ2n) is 6.81. The first-order chi connectivity index (χ1) is 15.3. The van der Waals surface area contributed by atoms with E-state index < -0.39 is 29.8 Å². The standard InChI is InChI=1S/C22H22FN3O6/c1-12-19(21(28)25-15-7-5-14(23)6-8-15)20(26-22(29)24-12)13-4-9-16(17(10-13)30-2)32-11-18(27)31-3/h4-10,20H,11H2,1-3H3,(H,25,28)(H2,24,26,29). The molecule has 1 heterocycles. The molecule has 168 valence electrons. The smallest absolute Gasteiger partial charge is 0.343 e. The van der Waals surface area contributed by atoms with Crippen LogP contribution in [0.25, 0.3) is 0 Å². The molecule has 0 radical (unpaired) electrons. The summed E-state index contributed by atoms with van der Waals surface area (Å²) in [4.78, 5) is 36.5. The summed E-state index contributed by atoms with van der Waals surface area (Å²) in [6.45, 7) is 1.30. The molecule has 9 nitrogen and oxygen atoms in total. The van der Waals surface area contributed by atoms with Gasteiger partial charge in [0.25, 0.3) is 5.91 Å². The van der Waals surface area contributed by atoms with Crippen LogP contribution in [-0.4, -0.2) is 38.7 Å². The molecule has 0 aromatic heterocycles. The van der Waals surface area contributed by atoms with Gasteiger partial charge in [-0.05, 0) is 48.9 Å². The Kier molecular flexibility index (Phi) is 6.93. The van der Waals surface area contributed by atoms with Crippen molar-refractivity contribution in [3.05, 3.63) is 65.1 Å². The fourth-order valence-corrected chi connectivity index (χ4v) is 3.16. The van der Waals surface area contributed by atoms with Gasteiger partial charge in [0.2, 0.25) is 0 Å². The van der Waals surface area contributed by atoms with Crippen LogP contribution in [-0.2, 0) is 14.3 Å². The van der Waals surface area contributed by atoms with Gasteiger partial charge in [0, 0.05) is 11.4 Å². The van der Waals surface area contributed by atoms with Crippen LogP contribution < -0.4 is 25.4 Å². The number of anilines is 1. The Morgan fingerprint density at radius 2 is 1.81 bits per heavy atom. The van der Waals surface area contributed by atoms with Crippen LogP contribution in [0, 0.1) is 5.82 Å². The fraction of sp³-hybridized carbons (Fsp3) is 0.227. The summed E-state index contributed by atoms with van der Waals surface area (Å²) in [6.07, 6.45) is 0. The minimum atomic E-state index is -0.798. The van der Waals surface area contributed by atoms with E-state index in [0.717, 1.165) is 0 Å². The number of hydrogen-bond donors (Lipinski definition) is 3. The number of nitrogens with one attached hydrogen (secondary N) is 3. The molecule has 32 heavy (non-hydrogen) atoms. The normalized spacial score (nSPS) is 15.4. The third-order valence-corrected chi connectivity index (χ3v) is 4.71. The lowest BCUT2D eigenvalue weighted by Gasteiger charge is -2.29. The van der Waals surface area contributed by atoms with Crippen molar-refractivity contribution in [3.63, 3.8) is 0 Å². The lowest BCUT2D eigenvalue weighted by Crippen LogP contribution is -2.46. The van der Waals surface area contributed by atoms with E-state index in [1.807, 2.05) is 0 Å². The summed E-state index contributed by atoms with van der Waals surface area (Å²) in [5.74, 6) is -0.865. The van der Waals surface area contributed by atoms with Gasteiger partial charge >= 0.3 is 12.0 Å². The molecule has 3 amide bonds. The molecular formula is C22H22FN3O6. The van der Waals surface area contributed by atoms with Crippen LogP contribution in [0.3, 0.4) is 0 Å². The molecule has 10 heteroatoms. The number of allylic oxidation sites excluding steroid dienone is 1. The SMILES string of the molecule is COC(=O)COc1ccc(C2NC(=O)NC(C)=C2C(=O)Nc2ccc(F)cc2)cc1OC. The predicted octanol–water partition coefficient (Wildman–Crippen LogP) is 2.65. The van der Waals surface area contributed by atoms with E-state index in [0.29, 0.717) is 28.4 Å². The molecule has 3 rings (SSSR count). The quantitative estimate of drug-likeness (QED) is 0.567. The van der Waals surface area contributed by atoms with E-state index in [4.69, 9.17) is 9.47 Å². The topological polar surface area (TPSA) is 115 Å². The highest BCUT2D eigenvalue weighted by atomic mass is 19.1. The first-order valence-electron chi connectivity index (χ1n) is 9.55. The highest BCUT2D eigenvalue weighted by molar-refractivity contribution is 6.06. The number of carbonyl (C=O) groups is 3. The first-order valence-corrected chi connectivity index (χ1v) is 9.55. The van der Waals surface area contributed by atoms with Gasteiger partial charge in [-0.3, -0.25) is 4.79 Å². The largest absolute Gasteiger partial charge is 0.493 e. The van der Waals surface area contributed by atoms with Gasteiger partial charge in [0.05, 0.1) is 25.8 Å². The van der Waals surface area contributed by atoms with Crippen LogP contribution in [0.15, 0.2) is 53.7 Å². The molecule has 1 aliphatic rings. The summed E-state index contributed by atoms with van der Waals surface area (Å²) in [5, 5.41) is 8.01. The van der Waals surface area contributed by atoms with Crippen LogP contribution in [0.1, 0.15) is 18.5 Å². The summed E-state index contributed by atoms with van der Waals surface area (Å²) in [6, 6.07) is 8.86. The highest BCUT2D eigenvalue weighted by Gasteiger charge is 2.32. The van der Waals surface area contributed by atoms with E-state index in [1.165, 1.54) is 38.5 Å². The van der Waals surface area contributed by atoms with Gasteiger partial charge in [0.15, 0.2) is 18.1 Å². The Labute approximate surface area is 183 Å². The van der Waals surface area contributed by atoms with Crippen LogP contribution in [0.5, 0.6) is 11.5 Å². The molecule has 2 aromatic carbocycles. The maximum atomic E-state index is 13.2. The van der Waals surface area contributed by atoms with Gasteiger partial charge in [0.1, 0.15) is 5.82 Å². The van der Waals surface area contributed by atoms with E-state index >= 15 is 0 Å². The van der Waals surface area contributed by atoms with Crippen molar-refractivity contribution in [1.29, 1.82) is 0 Å². The highest BCUT2D eigenvalue weighted by Crippen LogP contribution is 2.34. The van der Waals surface area contributed by atoms with E-state index in [-0.39, 0.29) is 12.2 Å². The summed E-state index contributed by atoms with van der Waals surface area (Å²) < 4.78 is 28.5. The Balaban J connectivity index is 1.90. The fourth-order valence-electron chi connectivity index (χ4n) is 3.16. The van der Waals surface area contributed by atoms with Crippen molar-refractivity contribution in [3.8, 4) is 11.5 Å². The van der Waals surface area contributed by atoms with Crippen molar-refractivity contribution in [2.45, 2.75) is 13.0 Å². The number of amides is 3. The van der Waals surface area contributed by atoms with E-state index in [9.17, 15) is 18.8 Å². The number of carbonyl (C=O) groups excluding carboxylic acids is 3. The summed E-state index contributed by atoms with van der Waals surface area (Å²) in [7, 11) is 2.67. The van der Waals surface area contributed by atoms with E-state index in [2.05, 4.69) is 20.7 Å². The minimum Gasteiger partial charge on any atom is -0.493 e. The van der Waals surface area contributed by atoms with Gasteiger partial charge in [-0.25, -0.2) is 14.0 Å². The monoisotopic (exact) mass is 443 g/mol. The number of halogens is 1. The third-order valence-electron chi connectivity index (χ3n) is 4.71. The number of urea groups is 1. The molecule has 0 bridgehead atoms. The molecule has 0 saturated heterocycles. The van der Waals surface area contributed by atoms with Crippen LogP contribution in [0.4, 0.5) is 14.9 Å². The lowest BCUT2D eigenvalue weighted by atomic mass is 9.94. The Bertz CT molecular complexity index is 1070. The van der Waals surface area contributed by atoms with Crippen molar-refractivity contribution < 1.29 is 33.0 Å². The maximum absolute atomic E-state index is 13.2. The van der Waals surface area contributed by atoms with Crippen molar-refractivity contribution in [2.24, 2.45) is 0 Å².